The summed E-state index contributed by atoms with van der Waals surface area (Å²) >= 11 is 0. The molecule has 104 valence electrons. The van der Waals surface area contributed by atoms with E-state index in [1.807, 2.05) is 0 Å². The van der Waals surface area contributed by atoms with Crippen molar-refractivity contribution in [2.45, 2.75) is 32.4 Å². The molecule has 0 fully saturated rings. The highest BCUT2D eigenvalue weighted by atomic mass is 16.5. The van der Waals surface area contributed by atoms with Gasteiger partial charge in [-0.2, -0.15) is 0 Å². The van der Waals surface area contributed by atoms with Gasteiger partial charge in [0.2, 0.25) is 0 Å². The van der Waals surface area contributed by atoms with Crippen LogP contribution in [0.25, 0.3) is 0 Å². The summed E-state index contributed by atoms with van der Waals surface area (Å²) in [4.78, 5) is 0. The number of rotatable bonds is 5. The smallest absolute Gasteiger partial charge is 0.0716 e. The first kappa shape index (κ1) is 13.2. The molecule has 0 radical (unpaired) electrons. The molecule has 1 N–H and O–H groups in total. The lowest BCUT2D eigenvalue weighted by atomic mass is 10.1. The van der Waals surface area contributed by atoms with E-state index in [-0.39, 0.29) is 0 Å². The van der Waals surface area contributed by atoms with Crippen molar-refractivity contribution >= 4 is 5.69 Å². The zero-order valence-corrected chi connectivity index (χ0v) is 12.0. The molecule has 2 heteroatoms. The Labute approximate surface area is 120 Å². The number of ether oxygens (including phenoxy) is 1. The number of hydrogen-bond donors (Lipinski definition) is 1. The van der Waals surface area contributed by atoms with Crippen LogP contribution in [0.15, 0.2) is 42.5 Å². The lowest BCUT2D eigenvalue weighted by molar-refractivity contribution is 0.184. The Kier molecular flexibility index (Phi) is 4.03. The Morgan fingerprint density at radius 3 is 2.65 bits per heavy atom. The molecule has 0 saturated heterocycles. The summed E-state index contributed by atoms with van der Waals surface area (Å²) < 4.78 is 5.25. The lowest BCUT2D eigenvalue weighted by Crippen LogP contribution is -2.04. The minimum atomic E-state index is 0.669. The lowest BCUT2D eigenvalue weighted by Gasteiger charge is -2.12. The fourth-order valence-corrected chi connectivity index (χ4v) is 2.91. The SMILES string of the molecule is COCc1ccccc1CNc1ccc2c(c1)CCC2. The highest BCUT2D eigenvalue weighted by Gasteiger charge is 2.10. The van der Waals surface area contributed by atoms with E-state index in [0.29, 0.717) is 6.61 Å². The number of benzene rings is 2. The zero-order valence-electron chi connectivity index (χ0n) is 12.0. The van der Waals surface area contributed by atoms with Crippen molar-refractivity contribution in [3.8, 4) is 0 Å². The molecule has 1 aliphatic rings. The molecule has 20 heavy (non-hydrogen) atoms. The molecule has 2 aromatic carbocycles. The van der Waals surface area contributed by atoms with Crippen LogP contribution in [0.2, 0.25) is 0 Å². The largest absolute Gasteiger partial charge is 0.381 e. The summed E-state index contributed by atoms with van der Waals surface area (Å²) in [6.45, 7) is 1.51. The van der Waals surface area contributed by atoms with Gasteiger partial charge in [-0.1, -0.05) is 30.3 Å². The molecular formula is C18H21NO. The van der Waals surface area contributed by atoms with Gasteiger partial charge in [-0.05, 0) is 53.6 Å². The zero-order chi connectivity index (χ0) is 13.8. The van der Waals surface area contributed by atoms with E-state index in [1.165, 1.54) is 47.2 Å². The van der Waals surface area contributed by atoms with Crippen LogP contribution in [-0.2, 0) is 30.7 Å². The topological polar surface area (TPSA) is 21.3 Å². The van der Waals surface area contributed by atoms with E-state index in [9.17, 15) is 0 Å². The molecule has 0 heterocycles. The molecule has 0 bridgehead atoms. The molecule has 0 amide bonds. The quantitative estimate of drug-likeness (QED) is 0.886. The Balaban J connectivity index is 1.70. The number of aryl methyl sites for hydroxylation is 2. The molecule has 0 saturated carbocycles. The average Bonchev–Trinajstić information content (AvgIpc) is 2.94. The van der Waals surface area contributed by atoms with Crippen molar-refractivity contribution in [3.05, 3.63) is 64.7 Å². The van der Waals surface area contributed by atoms with Crippen LogP contribution in [-0.4, -0.2) is 7.11 Å². The summed E-state index contributed by atoms with van der Waals surface area (Å²) in [5, 5.41) is 3.53. The minimum Gasteiger partial charge on any atom is -0.381 e. The Morgan fingerprint density at radius 1 is 1.00 bits per heavy atom. The van der Waals surface area contributed by atoms with E-state index in [2.05, 4.69) is 47.8 Å². The van der Waals surface area contributed by atoms with Gasteiger partial charge in [-0.15, -0.1) is 0 Å². The van der Waals surface area contributed by atoms with Crippen LogP contribution in [0.4, 0.5) is 5.69 Å². The summed E-state index contributed by atoms with van der Waals surface area (Å²) in [6.07, 6.45) is 3.77. The molecule has 0 aliphatic heterocycles. The first-order valence-electron chi connectivity index (χ1n) is 7.28. The normalized spacial score (nSPS) is 13.2. The number of methoxy groups -OCH3 is 1. The molecule has 2 nitrogen and oxygen atoms in total. The Hall–Kier alpha value is -1.80. The monoisotopic (exact) mass is 267 g/mol. The van der Waals surface area contributed by atoms with Gasteiger partial charge in [0, 0.05) is 19.3 Å². The van der Waals surface area contributed by atoms with Gasteiger partial charge >= 0.3 is 0 Å². The van der Waals surface area contributed by atoms with Gasteiger partial charge in [-0.3, -0.25) is 0 Å². The van der Waals surface area contributed by atoms with Crippen LogP contribution in [0.5, 0.6) is 0 Å². The van der Waals surface area contributed by atoms with Crippen LogP contribution in [0, 0.1) is 0 Å². The van der Waals surface area contributed by atoms with Crippen molar-refractivity contribution in [1.29, 1.82) is 0 Å². The van der Waals surface area contributed by atoms with E-state index >= 15 is 0 Å². The van der Waals surface area contributed by atoms with E-state index < -0.39 is 0 Å². The first-order valence-corrected chi connectivity index (χ1v) is 7.28. The van der Waals surface area contributed by atoms with Crippen LogP contribution in [0.3, 0.4) is 0 Å². The Morgan fingerprint density at radius 2 is 1.80 bits per heavy atom. The molecule has 2 aromatic rings. The average molecular weight is 267 g/mol. The molecule has 0 unspecified atom stereocenters. The fourth-order valence-electron chi connectivity index (χ4n) is 2.91. The second-order valence-corrected chi connectivity index (χ2v) is 5.39. The number of anilines is 1. The number of fused-ring (bicyclic) bond motifs is 1. The maximum Gasteiger partial charge on any atom is 0.0716 e. The molecule has 1 aliphatic carbocycles. The van der Waals surface area contributed by atoms with Gasteiger partial charge in [-0.25, -0.2) is 0 Å². The maximum absolute atomic E-state index is 5.25. The third-order valence-corrected chi connectivity index (χ3v) is 4.00. The second kappa shape index (κ2) is 6.10. The summed E-state index contributed by atoms with van der Waals surface area (Å²) in [6, 6.07) is 15.2. The van der Waals surface area contributed by atoms with Crippen molar-refractivity contribution in [3.63, 3.8) is 0 Å². The van der Waals surface area contributed by atoms with Crippen LogP contribution >= 0.6 is 0 Å². The number of hydrogen-bond acceptors (Lipinski definition) is 2. The predicted molar refractivity (Wildman–Crippen MR) is 82.9 cm³/mol. The summed E-state index contributed by atoms with van der Waals surface area (Å²) in [5.41, 5.74) is 6.81. The van der Waals surface area contributed by atoms with E-state index in [4.69, 9.17) is 4.74 Å². The third-order valence-electron chi connectivity index (χ3n) is 4.00. The number of nitrogens with one attached hydrogen (secondary N) is 1. The van der Waals surface area contributed by atoms with Crippen molar-refractivity contribution < 1.29 is 4.74 Å². The first-order chi connectivity index (χ1) is 9.86. The van der Waals surface area contributed by atoms with Gasteiger partial charge < -0.3 is 10.1 Å². The van der Waals surface area contributed by atoms with E-state index in [1.54, 1.807) is 7.11 Å². The maximum atomic E-state index is 5.25. The summed E-state index contributed by atoms with van der Waals surface area (Å²) in [7, 11) is 1.74. The summed E-state index contributed by atoms with van der Waals surface area (Å²) in [5.74, 6) is 0. The fraction of sp³-hybridized carbons (Fsp3) is 0.333. The second-order valence-electron chi connectivity index (χ2n) is 5.39. The standard InChI is InChI=1S/C18H21NO/c1-20-13-17-6-3-2-5-16(17)12-19-18-10-9-14-7-4-8-15(14)11-18/h2-3,5-6,9-11,19H,4,7-8,12-13H2,1H3. The van der Waals surface area contributed by atoms with Crippen LogP contribution < -0.4 is 5.32 Å². The van der Waals surface area contributed by atoms with Crippen molar-refractivity contribution in [2.24, 2.45) is 0 Å². The minimum absolute atomic E-state index is 0.669. The van der Waals surface area contributed by atoms with Crippen LogP contribution in [0.1, 0.15) is 28.7 Å². The molecule has 3 rings (SSSR count). The van der Waals surface area contributed by atoms with Gasteiger partial charge in [0.05, 0.1) is 6.61 Å². The van der Waals surface area contributed by atoms with Crippen molar-refractivity contribution in [2.75, 3.05) is 12.4 Å². The van der Waals surface area contributed by atoms with Gasteiger partial charge in [0.25, 0.3) is 0 Å². The highest BCUT2D eigenvalue weighted by Crippen LogP contribution is 2.25. The van der Waals surface area contributed by atoms with Gasteiger partial charge in [0.15, 0.2) is 0 Å². The van der Waals surface area contributed by atoms with Crippen molar-refractivity contribution in [1.82, 2.24) is 0 Å². The third kappa shape index (κ3) is 2.86. The molecular weight excluding hydrogens is 246 g/mol. The van der Waals surface area contributed by atoms with Gasteiger partial charge in [0.1, 0.15) is 0 Å². The van der Waals surface area contributed by atoms with E-state index in [0.717, 1.165) is 6.54 Å². The molecule has 0 aromatic heterocycles. The Bertz CT molecular complexity index is 592. The molecule has 0 spiro atoms. The predicted octanol–water partition coefficient (Wildman–Crippen LogP) is 3.93. The highest BCUT2D eigenvalue weighted by molar-refractivity contribution is 5.50. The molecule has 0 atom stereocenters.